The summed E-state index contributed by atoms with van der Waals surface area (Å²) >= 11 is 0. The molecule has 0 aliphatic carbocycles. The molecule has 0 fully saturated rings. The predicted octanol–water partition coefficient (Wildman–Crippen LogP) is 2.49. The summed E-state index contributed by atoms with van der Waals surface area (Å²) in [6, 6.07) is 7.59. The van der Waals surface area contributed by atoms with Gasteiger partial charge in [0.25, 0.3) is 20.0 Å². The Hall–Kier alpha value is -1.94. The zero-order valence-corrected chi connectivity index (χ0v) is 17.6. The van der Waals surface area contributed by atoms with Crippen molar-refractivity contribution in [3.05, 3.63) is 52.6 Å². The van der Waals surface area contributed by atoms with Gasteiger partial charge in [-0.2, -0.15) is 0 Å². The van der Waals surface area contributed by atoms with Crippen LogP contribution in [0, 0.1) is 27.7 Å². The van der Waals surface area contributed by atoms with Gasteiger partial charge in [-0.1, -0.05) is 6.07 Å². The molecular weight excluding hydrogens is 388 g/mol. The van der Waals surface area contributed by atoms with E-state index in [1.165, 1.54) is 24.3 Å². The number of benzene rings is 2. The van der Waals surface area contributed by atoms with E-state index < -0.39 is 20.0 Å². The highest BCUT2D eigenvalue weighted by Gasteiger charge is 2.24. The molecule has 2 aromatic carbocycles. The lowest BCUT2D eigenvalue weighted by atomic mass is 10.0. The Labute approximate surface area is 160 Å². The first-order chi connectivity index (χ1) is 12.5. The molecule has 0 amide bonds. The largest absolute Gasteiger partial charge is 0.494 e. The zero-order chi connectivity index (χ0) is 20.4. The fraction of sp³-hybridized carbons (Fsp3) is 0.333. The summed E-state index contributed by atoms with van der Waals surface area (Å²) in [4.78, 5) is 3.94. The number of ether oxygens (including phenoxy) is 1. The molecule has 0 aromatic heterocycles. The smallest absolute Gasteiger partial charge is 0.254 e. The molecule has 0 radical (unpaired) electrons. The zero-order valence-electron chi connectivity index (χ0n) is 16.0. The Morgan fingerprint density at radius 3 is 1.78 bits per heavy atom. The lowest BCUT2D eigenvalue weighted by Crippen LogP contribution is -2.42. The molecule has 2 rings (SSSR count). The Balaban J connectivity index is 2.29. The lowest BCUT2D eigenvalue weighted by Gasteiger charge is -2.16. The van der Waals surface area contributed by atoms with Crippen molar-refractivity contribution in [1.29, 1.82) is 0 Å². The van der Waals surface area contributed by atoms with Gasteiger partial charge in [0.2, 0.25) is 0 Å². The van der Waals surface area contributed by atoms with Crippen LogP contribution in [0.1, 0.15) is 29.2 Å². The molecule has 0 spiro atoms. The second-order valence-electron chi connectivity index (χ2n) is 6.20. The molecule has 0 bridgehead atoms. The first-order valence-electron chi connectivity index (χ1n) is 8.33. The van der Waals surface area contributed by atoms with Crippen LogP contribution in [0.4, 0.5) is 0 Å². The fourth-order valence-corrected chi connectivity index (χ4v) is 5.41. The molecule has 0 heterocycles. The maximum Gasteiger partial charge on any atom is 0.254 e. The normalized spacial score (nSPS) is 12.2. The van der Waals surface area contributed by atoms with E-state index in [9.17, 15) is 16.8 Å². The number of sulfonamides is 2. The molecule has 9 heteroatoms. The van der Waals surface area contributed by atoms with Crippen molar-refractivity contribution < 1.29 is 21.6 Å². The van der Waals surface area contributed by atoms with Crippen LogP contribution >= 0.6 is 0 Å². The van der Waals surface area contributed by atoms with Gasteiger partial charge in [-0.15, -0.1) is 9.66 Å². The summed E-state index contributed by atoms with van der Waals surface area (Å²) in [5, 5.41) is 0. The van der Waals surface area contributed by atoms with Crippen molar-refractivity contribution in [2.75, 3.05) is 6.61 Å². The molecule has 2 aromatic rings. The second-order valence-corrected chi connectivity index (χ2v) is 9.51. The molecule has 27 heavy (non-hydrogen) atoms. The Kier molecular flexibility index (Phi) is 6.31. The van der Waals surface area contributed by atoms with Crippen LogP contribution in [0.2, 0.25) is 0 Å². The van der Waals surface area contributed by atoms with E-state index in [-0.39, 0.29) is 9.79 Å². The number of aryl methyl sites for hydroxylation is 2. The standard InChI is InChI=1S/C18H24N2O5S2/c1-6-25-16-7-9-17(10-8-16)26(21,22)19-20-27(23,24)18-14(4)12(2)11-13(3)15(18)5/h7-11,19-20H,6H2,1-5H3. The van der Waals surface area contributed by atoms with E-state index in [1.807, 2.05) is 36.5 Å². The van der Waals surface area contributed by atoms with Gasteiger partial charge in [-0.05, 0) is 81.1 Å². The van der Waals surface area contributed by atoms with Crippen molar-refractivity contribution in [2.45, 2.75) is 44.4 Å². The highest BCUT2D eigenvalue weighted by molar-refractivity contribution is 7.92. The van der Waals surface area contributed by atoms with Gasteiger partial charge in [0.1, 0.15) is 5.75 Å². The van der Waals surface area contributed by atoms with Gasteiger partial charge in [0, 0.05) is 0 Å². The average Bonchev–Trinajstić information content (AvgIpc) is 2.59. The molecule has 0 atom stereocenters. The molecule has 148 valence electrons. The molecule has 7 nitrogen and oxygen atoms in total. The van der Waals surface area contributed by atoms with E-state index >= 15 is 0 Å². The van der Waals surface area contributed by atoms with Crippen molar-refractivity contribution >= 4 is 20.0 Å². The van der Waals surface area contributed by atoms with Crippen molar-refractivity contribution in [3.63, 3.8) is 0 Å². The summed E-state index contributed by atoms with van der Waals surface area (Å²) in [5.41, 5.74) is 2.78. The first kappa shape index (κ1) is 21.4. The van der Waals surface area contributed by atoms with Gasteiger partial charge >= 0.3 is 0 Å². The van der Waals surface area contributed by atoms with Crippen molar-refractivity contribution in [2.24, 2.45) is 0 Å². The third-order valence-corrected chi connectivity index (χ3v) is 7.23. The molecule has 0 unspecified atom stereocenters. The molecule has 2 N–H and O–H groups in total. The van der Waals surface area contributed by atoms with Crippen LogP contribution in [0.3, 0.4) is 0 Å². The van der Waals surface area contributed by atoms with Crippen LogP contribution in [-0.4, -0.2) is 23.4 Å². The number of rotatable bonds is 7. The first-order valence-corrected chi connectivity index (χ1v) is 11.3. The van der Waals surface area contributed by atoms with E-state index in [1.54, 1.807) is 13.8 Å². The molecule has 0 aliphatic heterocycles. The highest BCUT2D eigenvalue weighted by Crippen LogP contribution is 2.25. The number of hydrogen-bond acceptors (Lipinski definition) is 5. The third kappa shape index (κ3) is 4.67. The van der Waals surface area contributed by atoms with Crippen LogP contribution in [0.15, 0.2) is 40.1 Å². The molecular formula is C18H24N2O5S2. The SMILES string of the molecule is CCOc1ccc(S(=O)(=O)NNS(=O)(=O)c2c(C)c(C)cc(C)c2C)cc1. The molecule has 0 saturated heterocycles. The van der Waals surface area contributed by atoms with Crippen molar-refractivity contribution in [1.82, 2.24) is 9.66 Å². The predicted molar refractivity (Wildman–Crippen MR) is 104 cm³/mol. The van der Waals surface area contributed by atoms with Crippen molar-refractivity contribution in [3.8, 4) is 5.75 Å². The minimum atomic E-state index is -4.09. The van der Waals surface area contributed by atoms with Crippen LogP contribution in [0.5, 0.6) is 5.75 Å². The average molecular weight is 413 g/mol. The van der Waals surface area contributed by atoms with E-state index in [0.717, 1.165) is 11.1 Å². The summed E-state index contributed by atoms with van der Waals surface area (Å²) in [7, 11) is -8.16. The van der Waals surface area contributed by atoms with Gasteiger partial charge in [0.05, 0.1) is 16.4 Å². The minimum absolute atomic E-state index is 0.0781. The van der Waals surface area contributed by atoms with Gasteiger partial charge in [-0.25, -0.2) is 16.8 Å². The quantitative estimate of drug-likeness (QED) is 0.681. The maximum atomic E-state index is 12.7. The topological polar surface area (TPSA) is 102 Å². The van der Waals surface area contributed by atoms with E-state index in [0.29, 0.717) is 23.5 Å². The van der Waals surface area contributed by atoms with Crippen LogP contribution < -0.4 is 14.4 Å². The Bertz CT molecular complexity index is 1020. The fourth-order valence-electron chi connectivity index (χ4n) is 2.69. The molecule has 0 aliphatic rings. The number of hydrazine groups is 1. The maximum absolute atomic E-state index is 12.7. The molecule has 0 saturated carbocycles. The van der Waals surface area contributed by atoms with Crippen LogP contribution in [0.25, 0.3) is 0 Å². The third-order valence-electron chi connectivity index (χ3n) is 4.32. The van der Waals surface area contributed by atoms with Gasteiger partial charge in [-0.3, -0.25) is 0 Å². The van der Waals surface area contributed by atoms with Gasteiger partial charge in [0.15, 0.2) is 0 Å². The summed E-state index contributed by atoms with van der Waals surface area (Å²) in [6.45, 7) is 9.28. The number of hydrogen-bond donors (Lipinski definition) is 2. The monoisotopic (exact) mass is 412 g/mol. The number of nitrogens with one attached hydrogen (secondary N) is 2. The Morgan fingerprint density at radius 1 is 0.815 bits per heavy atom. The van der Waals surface area contributed by atoms with Gasteiger partial charge < -0.3 is 4.74 Å². The van der Waals surface area contributed by atoms with Crippen LogP contribution in [-0.2, 0) is 20.0 Å². The summed E-state index contributed by atoms with van der Waals surface area (Å²) in [6.07, 6.45) is 0. The van der Waals surface area contributed by atoms with E-state index in [2.05, 4.69) is 0 Å². The lowest BCUT2D eigenvalue weighted by molar-refractivity contribution is 0.340. The van der Waals surface area contributed by atoms with E-state index in [4.69, 9.17) is 4.74 Å². The highest BCUT2D eigenvalue weighted by atomic mass is 32.2. The summed E-state index contributed by atoms with van der Waals surface area (Å²) in [5.74, 6) is 0.526. The second kappa shape index (κ2) is 7.97. The Morgan fingerprint density at radius 2 is 1.30 bits per heavy atom. The summed E-state index contributed by atoms with van der Waals surface area (Å²) < 4.78 is 55.6. The minimum Gasteiger partial charge on any atom is -0.494 e.